The van der Waals surface area contributed by atoms with Crippen LogP contribution in [-0.4, -0.2) is 26.8 Å². The third kappa shape index (κ3) is 4.38. The summed E-state index contributed by atoms with van der Waals surface area (Å²) in [6, 6.07) is 26.6. The number of aliphatic hydroxyl groups is 1. The Bertz CT molecular complexity index is 1030. The van der Waals surface area contributed by atoms with E-state index in [0.717, 1.165) is 16.3 Å². The fourth-order valence-electron chi connectivity index (χ4n) is 4.31. The van der Waals surface area contributed by atoms with E-state index >= 15 is 0 Å². The van der Waals surface area contributed by atoms with Gasteiger partial charge in [-0.1, -0.05) is 0 Å². The number of benzene rings is 3. The summed E-state index contributed by atoms with van der Waals surface area (Å²) >= 11 is -0.474. The van der Waals surface area contributed by atoms with Gasteiger partial charge < -0.3 is 0 Å². The number of ether oxygens (including phenoxy) is 1. The molecule has 0 saturated heterocycles. The van der Waals surface area contributed by atoms with Gasteiger partial charge in [-0.15, -0.1) is 0 Å². The number of hydrogen-bond donors (Lipinski definition) is 1. The van der Waals surface area contributed by atoms with E-state index in [1.54, 1.807) is 0 Å². The maximum absolute atomic E-state index is 11.7. The molecule has 0 fully saturated rings. The Morgan fingerprint density at radius 1 is 0.933 bits per heavy atom. The van der Waals surface area contributed by atoms with Crippen LogP contribution >= 0.6 is 0 Å². The van der Waals surface area contributed by atoms with Gasteiger partial charge in [0.2, 0.25) is 0 Å². The van der Waals surface area contributed by atoms with Crippen LogP contribution in [0.5, 0.6) is 0 Å². The molecule has 3 aromatic rings. The van der Waals surface area contributed by atoms with Crippen molar-refractivity contribution in [2.24, 2.45) is 0 Å². The van der Waals surface area contributed by atoms with Gasteiger partial charge >= 0.3 is 185 Å². The summed E-state index contributed by atoms with van der Waals surface area (Å²) in [5.74, 6) is -0.218. The van der Waals surface area contributed by atoms with Gasteiger partial charge in [0.15, 0.2) is 0 Å². The monoisotopic (exact) mass is 462 g/mol. The van der Waals surface area contributed by atoms with Crippen LogP contribution in [0.3, 0.4) is 0 Å². The van der Waals surface area contributed by atoms with Crippen molar-refractivity contribution in [3.8, 4) is 0 Å². The first-order chi connectivity index (χ1) is 14.4. The fraction of sp³-hybridized carbons (Fsp3) is 0.269. The second-order valence-corrected chi connectivity index (χ2v) is 11.2. The van der Waals surface area contributed by atoms with Crippen molar-refractivity contribution in [2.45, 2.75) is 43.1 Å². The number of fused-ring (bicyclic) bond motifs is 1. The Hall–Kier alpha value is -2.35. The summed E-state index contributed by atoms with van der Waals surface area (Å²) in [7, 11) is 0. The summed E-state index contributed by atoms with van der Waals surface area (Å²) in [5, 5.41) is 12.4. The van der Waals surface area contributed by atoms with Gasteiger partial charge in [-0.05, 0) is 0 Å². The molecule has 4 heteroatoms. The third-order valence-corrected chi connectivity index (χ3v) is 9.48. The number of hydrogen-bond acceptors (Lipinski definition) is 3. The number of rotatable bonds is 7. The predicted molar refractivity (Wildman–Crippen MR) is 122 cm³/mol. The molecule has 0 bridgehead atoms. The van der Waals surface area contributed by atoms with Gasteiger partial charge in [0.05, 0.1) is 0 Å². The molecular formula is C26H27AsO3. The molecule has 0 aromatic heterocycles. The van der Waals surface area contributed by atoms with Crippen LogP contribution in [0, 0.1) is 0 Å². The van der Waals surface area contributed by atoms with Crippen molar-refractivity contribution >= 4 is 26.1 Å². The molecule has 3 atom stereocenters. The zero-order chi connectivity index (χ0) is 21.2. The molecule has 154 valence electrons. The molecule has 1 N–H and O–H groups in total. The van der Waals surface area contributed by atoms with Crippen LogP contribution in [0.15, 0.2) is 78.9 Å². The summed E-state index contributed by atoms with van der Waals surface area (Å²) in [6.45, 7) is 4.57. The molecule has 0 amide bonds. The summed E-state index contributed by atoms with van der Waals surface area (Å²) in [5.41, 5.74) is 2.81. The Balaban J connectivity index is 1.60. The van der Waals surface area contributed by atoms with Crippen molar-refractivity contribution in [1.29, 1.82) is 0 Å². The van der Waals surface area contributed by atoms with E-state index < -0.39 is 21.4 Å². The Morgan fingerprint density at radius 3 is 2.23 bits per heavy atom. The standard InChI is InChI=1S/C26H27AsO3/c1-25(20-9-5-3-6-10-20,17-26(2,29)21-11-7-4-8-12-21)18-27-22-13-14-23-19(15-22)16-30-24(23)28/h3-15,27,29H,16-18H2,1-2H3. The minimum atomic E-state index is -0.920. The number of carbonyl (C=O) groups is 1. The van der Waals surface area contributed by atoms with Crippen LogP contribution in [0.2, 0.25) is 5.21 Å². The van der Waals surface area contributed by atoms with Gasteiger partial charge in [0.1, 0.15) is 0 Å². The first kappa shape index (κ1) is 20.9. The maximum atomic E-state index is 11.7. The Labute approximate surface area is 184 Å². The van der Waals surface area contributed by atoms with Crippen molar-refractivity contribution in [1.82, 2.24) is 0 Å². The molecule has 0 spiro atoms. The average molecular weight is 462 g/mol. The van der Waals surface area contributed by atoms with E-state index in [-0.39, 0.29) is 11.4 Å². The van der Waals surface area contributed by atoms with E-state index in [2.05, 4.69) is 43.3 Å². The second-order valence-electron chi connectivity index (χ2n) is 8.54. The van der Waals surface area contributed by atoms with E-state index in [1.807, 2.05) is 49.4 Å². The Kier molecular flexibility index (Phi) is 5.86. The summed E-state index contributed by atoms with van der Waals surface area (Å²) in [6.07, 6.45) is 0.643. The molecular weight excluding hydrogens is 435 g/mol. The number of carbonyl (C=O) groups excluding carboxylic acids is 1. The van der Waals surface area contributed by atoms with Crippen molar-refractivity contribution in [3.05, 3.63) is 101 Å². The summed E-state index contributed by atoms with van der Waals surface area (Å²) in [4.78, 5) is 11.7. The molecule has 30 heavy (non-hydrogen) atoms. The van der Waals surface area contributed by atoms with Crippen LogP contribution in [0.25, 0.3) is 0 Å². The number of cyclic esters (lactones) is 1. The molecule has 3 nitrogen and oxygen atoms in total. The molecule has 1 heterocycles. The van der Waals surface area contributed by atoms with E-state index in [1.165, 1.54) is 9.91 Å². The zero-order valence-corrected chi connectivity index (χ0v) is 19.5. The van der Waals surface area contributed by atoms with E-state index in [4.69, 9.17) is 4.74 Å². The number of esters is 1. The van der Waals surface area contributed by atoms with Crippen LogP contribution in [0.4, 0.5) is 0 Å². The van der Waals surface area contributed by atoms with Crippen LogP contribution in [0.1, 0.15) is 47.3 Å². The third-order valence-electron chi connectivity index (χ3n) is 5.97. The topological polar surface area (TPSA) is 46.5 Å². The molecule has 1 aliphatic heterocycles. The van der Waals surface area contributed by atoms with Gasteiger partial charge in [-0.2, -0.15) is 0 Å². The van der Waals surface area contributed by atoms with Gasteiger partial charge in [0, 0.05) is 0 Å². The van der Waals surface area contributed by atoms with E-state index in [9.17, 15) is 9.90 Å². The van der Waals surface area contributed by atoms with Crippen molar-refractivity contribution in [3.63, 3.8) is 0 Å². The van der Waals surface area contributed by atoms with Gasteiger partial charge in [-0.3, -0.25) is 0 Å². The SMILES string of the molecule is CC(O)(CC(C)(C[AsH]c1ccc2c(c1)COC2=O)c1ccccc1)c1ccccc1. The van der Waals surface area contributed by atoms with E-state index in [0.29, 0.717) is 18.6 Å². The summed E-state index contributed by atoms with van der Waals surface area (Å²) < 4.78 is 6.46. The molecule has 0 radical (unpaired) electrons. The van der Waals surface area contributed by atoms with Crippen LogP contribution in [-0.2, 0) is 22.4 Å². The van der Waals surface area contributed by atoms with Crippen LogP contribution < -0.4 is 4.35 Å². The first-order valence-electron chi connectivity index (χ1n) is 10.2. The predicted octanol–water partition coefficient (Wildman–Crippen LogP) is 4.09. The minimum absolute atomic E-state index is 0.161. The van der Waals surface area contributed by atoms with Gasteiger partial charge in [0.25, 0.3) is 0 Å². The molecule has 1 aliphatic rings. The molecule has 0 aliphatic carbocycles. The molecule has 4 rings (SSSR count). The first-order valence-corrected chi connectivity index (χ1v) is 12.8. The Morgan fingerprint density at radius 2 is 1.57 bits per heavy atom. The second kappa shape index (κ2) is 8.41. The average Bonchev–Trinajstić information content (AvgIpc) is 3.13. The normalized spacial score (nSPS) is 17.4. The van der Waals surface area contributed by atoms with Crippen molar-refractivity contribution in [2.75, 3.05) is 0 Å². The van der Waals surface area contributed by atoms with Gasteiger partial charge in [-0.25, -0.2) is 0 Å². The zero-order valence-electron chi connectivity index (χ0n) is 17.4. The molecule has 0 saturated carbocycles. The molecule has 3 unspecified atom stereocenters. The quantitative estimate of drug-likeness (QED) is 0.425. The fourth-order valence-corrected chi connectivity index (χ4v) is 7.25. The molecule has 3 aromatic carbocycles. The van der Waals surface area contributed by atoms with Crippen molar-refractivity contribution < 1.29 is 14.6 Å².